The molecule has 0 aliphatic carbocycles. The van der Waals surface area contributed by atoms with E-state index in [1.807, 2.05) is 30.3 Å². The molecule has 2 atom stereocenters. The first-order valence-corrected chi connectivity index (χ1v) is 6.20. The summed E-state index contributed by atoms with van der Waals surface area (Å²) in [5.41, 5.74) is 0.797. The lowest BCUT2D eigenvalue weighted by molar-refractivity contribution is 0.0742. The Morgan fingerprint density at radius 3 is 2.80 bits per heavy atom. The SMILES string of the molecule is Cl.Cl.F[C@H]1CNCC[C@@H]1Oc1cccc2cccnc12. The molecule has 3 rings (SSSR count). The highest BCUT2D eigenvalue weighted by atomic mass is 35.5. The van der Waals surface area contributed by atoms with Crippen molar-refractivity contribution in [2.24, 2.45) is 0 Å². The van der Waals surface area contributed by atoms with Gasteiger partial charge < -0.3 is 10.1 Å². The molecular weight excluding hydrogens is 302 g/mol. The molecule has 1 aliphatic rings. The molecule has 0 radical (unpaired) electrons. The molecule has 1 N–H and O–H groups in total. The lowest BCUT2D eigenvalue weighted by Crippen LogP contribution is -2.44. The molecule has 1 fully saturated rings. The van der Waals surface area contributed by atoms with Crippen LogP contribution in [0.4, 0.5) is 4.39 Å². The van der Waals surface area contributed by atoms with Crippen molar-refractivity contribution in [2.75, 3.05) is 13.1 Å². The third-order valence-electron chi connectivity index (χ3n) is 3.22. The lowest BCUT2D eigenvalue weighted by Gasteiger charge is -2.27. The smallest absolute Gasteiger partial charge is 0.149 e. The zero-order valence-corrected chi connectivity index (χ0v) is 12.4. The van der Waals surface area contributed by atoms with E-state index in [0.29, 0.717) is 18.7 Å². The first-order chi connectivity index (χ1) is 8.84. The number of halogens is 3. The van der Waals surface area contributed by atoms with Crippen LogP contribution >= 0.6 is 24.8 Å². The van der Waals surface area contributed by atoms with Crippen molar-refractivity contribution in [1.82, 2.24) is 10.3 Å². The predicted octanol–water partition coefficient (Wildman–Crippen LogP) is 3.16. The number of nitrogens with one attached hydrogen (secondary N) is 1. The fourth-order valence-corrected chi connectivity index (χ4v) is 2.26. The van der Waals surface area contributed by atoms with E-state index < -0.39 is 6.17 Å². The van der Waals surface area contributed by atoms with E-state index >= 15 is 0 Å². The molecule has 6 heteroatoms. The van der Waals surface area contributed by atoms with Gasteiger partial charge in [0.1, 0.15) is 23.5 Å². The van der Waals surface area contributed by atoms with E-state index in [4.69, 9.17) is 4.74 Å². The molecule has 1 aromatic heterocycles. The molecule has 2 heterocycles. The molecule has 0 saturated carbocycles. The quantitative estimate of drug-likeness (QED) is 0.923. The van der Waals surface area contributed by atoms with Crippen LogP contribution in [0.1, 0.15) is 6.42 Å². The molecule has 1 aliphatic heterocycles. The standard InChI is InChI=1S/C14H15FN2O.2ClH/c15-11-9-16-8-6-12(11)18-13-5-1-3-10-4-2-7-17-14(10)13;;/h1-5,7,11-12,16H,6,8-9H2;2*1H/t11-,12-;;/m0../s1. The van der Waals surface area contributed by atoms with Crippen molar-refractivity contribution < 1.29 is 9.13 Å². The van der Waals surface area contributed by atoms with Gasteiger partial charge in [-0.05, 0) is 25.1 Å². The fraction of sp³-hybridized carbons (Fsp3) is 0.357. The van der Waals surface area contributed by atoms with Gasteiger partial charge in [-0.2, -0.15) is 0 Å². The molecule has 0 bridgehead atoms. The second-order valence-corrected chi connectivity index (χ2v) is 4.50. The molecule has 20 heavy (non-hydrogen) atoms. The average molecular weight is 319 g/mol. The Labute approximate surface area is 129 Å². The summed E-state index contributed by atoms with van der Waals surface area (Å²) < 4.78 is 19.5. The summed E-state index contributed by atoms with van der Waals surface area (Å²) in [4.78, 5) is 4.31. The molecule has 1 aromatic carbocycles. The van der Waals surface area contributed by atoms with Gasteiger partial charge in [0.25, 0.3) is 0 Å². The summed E-state index contributed by atoms with van der Waals surface area (Å²) in [5, 5.41) is 4.03. The van der Waals surface area contributed by atoms with Crippen molar-refractivity contribution in [1.29, 1.82) is 0 Å². The maximum Gasteiger partial charge on any atom is 0.149 e. The molecular formula is C14H17Cl2FN2O. The first kappa shape index (κ1) is 17.0. The van der Waals surface area contributed by atoms with Gasteiger partial charge in [0.15, 0.2) is 0 Å². The Kier molecular flexibility index (Phi) is 6.46. The third kappa shape index (κ3) is 3.51. The second kappa shape index (κ2) is 7.62. The second-order valence-electron chi connectivity index (χ2n) is 4.50. The van der Waals surface area contributed by atoms with Crippen molar-refractivity contribution in [3.63, 3.8) is 0 Å². The van der Waals surface area contributed by atoms with E-state index in [0.717, 1.165) is 17.4 Å². The number of nitrogens with zero attached hydrogens (tertiary/aromatic N) is 1. The van der Waals surface area contributed by atoms with Gasteiger partial charge >= 0.3 is 0 Å². The number of hydrogen-bond donors (Lipinski definition) is 1. The third-order valence-corrected chi connectivity index (χ3v) is 3.22. The number of fused-ring (bicyclic) bond motifs is 1. The van der Waals surface area contributed by atoms with Crippen LogP contribution in [0.5, 0.6) is 5.75 Å². The van der Waals surface area contributed by atoms with E-state index in [2.05, 4.69) is 10.3 Å². The van der Waals surface area contributed by atoms with Crippen LogP contribution < -0.4 is 10.1 Å². The number of pyridine rings is 1. The van der Waals surface area contributed by atoms with Crippen LogP contribution in [0.3, 0.4) is 0 Å². The zero-order chi connectivity index (χ0) is 12.4. The summed E-state index contributed by atoms with van der Waals surface area (Å²) >= 11 is 0. The fourth-order valence-electron chi connectivity index (χ4n) is 2.26. The lowest BCUT2D eigenvalue weighted by atomic mass is 10.1. The van der Waals surface area contributed by atoms with Gasteiger partial charge in [-0.15, -0.1) is 24.8 Å². The number of piperidine rings is 1. The molecule has 1 saturated heterocycles. The number of benzene rings is 1. The highest BCUT2D eigenvalue weighted by Gasteiger charge is 2.26. The van der Waals surface area contributed by atoms with E-state index in [9.17, 15) is 4.39 Å². The minimum absolute atomic E-state index is 0. The minimum atomic E-state index is -0.960. The Balaban J connectivity index is 0.000001000. The van der Waals surface area contributed by atoms with Crippen molar-refractivity contribution in [3.05, 3.63) is 36.5 Å². The molecule has 0 unspecified atom stereocenters. The van der Waals surface area contributed by atoms with Gasteiger partial charge in [-0.3, -0.25) is 4.98 Å². The van der Waals surface area contributed by atoms with E-state index in [1.54, 1.807) is 6.20 Å². The Morgan fingerprint density at radius 2 is 2.00 bits per heavy atom. The van der Waals surface area contributed by atoms with Crippen LogP contribution in [-0.2, 0) is 0 Å². The molecule has 0 amide bonds. The highest BCUT2D eigenvalue weighted by molar-refractivity contribution is 5.85. The maximum atomic E-state index is 13.7. The van der Waals surface area contributed by atoms with E-state index in [1.165, 1.54) is 0 Å². The number of rotatable bonds is 2. The van der Waals surface area contributed by atoms with E-state index in [-0.39, 0.29) is 30.9 Å². The summed E-state index contributed by atoms with van der Waals surface area (Å²) in [7, 11) is 0. The average Bonchev–Trinajstić information content (AvgIpc) is 2.42. The van der Waals surface area contributed by atoms with Gasteiger partial charge in [0.2, 0.25) is 0 Å². The van der Waals surface area contributed by atoms with Crippen molar-refractivity contribution >= 4 is 35.7 Å². The normalized spacial score (nSPS) is 21.6. The largest absolute Gasteiger partial charge is 0.485 e. The van der Waals surface area contributed by atoms with Crippen LogP contribution in [-0.4, -0.2) is 30.3 Å². The first-order valence-electron chi connectivity index (χ1n) is 6.20. The van der Waals surface area contributed by atoms with Crippen LogP contribution in [0.2, 0.25) is 0 Å². The Hall–Kier alpha value is -1.10. The molecule has 110 valence electrons. The summed E-state index contributed by atoms with van der Waals surface area (Å²) in [5.74, 6) is 0.669. The van der Waals surface area contributed by atoms with Gasteiger partial charge in [0.05, 0.1) is 0 Å². The number of alkyl halides is 1. The molecule has 2 aromatic rings. The summed E-state index contributed by atoms with van der Waals surface area (Å²) in [6, 6.07) is 9.60. The van der Waals surface area contributed by atoms with Crippen molar-refractivity contribution in [3.8, 4) is 5.75 Å². The number of aromatic nitrogens is 1. The predicted molar refractivity (Wildman–Crippen MR) is 83.0 cm³/mol. The van der Waals surface area contributed by atoms with Gasteiger partial charge in [-0.25, -0.2) is 4.39 Å². The Morgan fingerprint density at radius 1 is 1.20 bits per heavy atom. The van der Waals surface area contributed by atoms with Crippen LogP contribution in [0.25, 0.3) is 10.9 Å². The van der Waals surface area contributed by atoms with Crippen molar-refractivity contribution in [2.45, 2.75) is 18.7 Å². The molecule has 3 nitrogen and oxygen atoms in total. The van der Waals surface area contributed by atoms with Crippen LogP contribution in [0.15, 0.2) is 36.5 Å². The summed E-state index contributed by atoms with van der Waals surface area (Å²) in [6.45, 7) is 1.16. The Bertz CT molecular complexity index is 550. The van der Waals surface area contributed by atoms with Gasteiger partial charge in [0, 0.05) is 18.1 Å². The zero-order valence-electron chi connectivity index (χ0n) is 10.8. The topological polar surface area (TPSA) is 34.1 Å². The minimum Gasteiger partial charge on any atom is -0.485 e. The number of ether oxygens (including phenoxy) is 1. The monoisotopic (exact) mass is 318 g/mol. The van der Waals surface area contributed by atoms with Crippen LogP contribution in [0, 0.1) is 0 Å². The number of para-hydroxylation sites is 1. The van der Waals surface area contributed by atoms with Gasteiger partial charge in [-0.1, -0.05) is 18.2 Å². The molecule has 0 spiro atoms. The summed E-state index contributed by atoms with van der Waals surface area (Å²) in [6.07, 6.45) is 1.08. The number of hydrogen-bond acceptors (Lipinski definition) is 3. The highest BCUT2D eigenvalue weighted by Crippen LogP contribution is 2.26. The maximum absolute atomic E-state index is 13.7.